The number of hydrogen-bond acceptors (Lipinski definition) is 4. The van der Waals surface area contributed by atoms with Crippen LogP contribution in [0.25, 0.3) is 0 Å². The predicted molar refractivity (Wildman–Crippen MR) is 61.1 cm³/mol. The first kappa shape index (κ1) is 11.1. The fourth-order valence-electron chi connectivity index (χ4n) is 1.25. The Balaban J connectivity index is 1.84. The summed E-state index contributed by atoms with van der Waals surface area (Å²) in [6, 6.07) is 8.91. The fourth-order valence-corrected chi connectivity index (χ4v) is 1.25. The summed E-state index contributed by atoms with van der Waals surface area (Å²) in [6.45, 7) is 0.280. The van der Waals surface area contributed by atoms with Crippen molar-refractivity contribution >= 4 is 11.7 Å². The zero-order valence-electron chi connectivity index (χ0n) is 9.29. The molecule has 2 aromatic rings. The molecule has 0 fully saturated rings. The van der Waals surface area contributed by atoms with Gasteiger partial charge in [0.15, 0.2) is 5.82 Å². The molecule has 88 valence electrons. The van der Waals surface area contributed by atoms with Crippen molar-refractivity contribution in [3.05, 3.63) is 36.2 Å². The zero-order valence-corrected chi connectivity index (χ0v) is 9.29. The second kappa shape index (κ2) is 5.06. The molecule has 2 N–H and O–H groups in total. The van der Waals surface area contributed by atoms with Gasteiger partial charge < -0.3 is 10.6 Å². The van der Waals surface area contributed by atoms with Crippen LogP contribution >= 0.6 is 0 Å². The van der Waals surface area contributed by atoms with Crippen LogP contribution in [-0.4, -0.2) is 26.2 Å². The summed E-state index contributed by atoms with van der Waals surface area (Å²) < 4.78 is 1.50. The molecule has 2 rings (SSSR count). The van der Waals surface area contributed by atoms with E-state index >= 15 is 0 Å². The third-order valence-corrected chi connectivity index (χ3v) is 2.15. The second-order valence-electron chi connectivity index (χ2n) is 3.39. The average molecular weight is 232 g/mol. The summed E-state index contributed by atoms with van der Waals surface area (Å²) >= 11 is 0. The molecule has 7 nitrogen and oxygen atoms in total. The monoisotopic (exact) mass is 232 g/mol. The maximum Gasteiger partial charge on any atom is 0.319 e. The van der Waals surface area contributed by atoms with Gasteiger partial charge in [0, 0.05) is 12.7 Å². The summed E-state index contributed by atoms with van der Waals surface area (Å²) in [6.07, 6.45) is 0. The molecule has 0 aliphatic rings. The van der Waals surface area contributed by atoms with E-state index in [1.165, 1.54) is 4.68 Å². The molecule has 0 aliphatic heterocycles. The number of rotatable bonds is 3. The van der Waals surface area contributed by atoms with Crippen LogP contribution in [0.2, 0.25) is 0 Å². The number of anilines is 1. The first-order valence-corrected chi connectivity index (χ1v) is 5.07. The quantitative estimate of drug-likeness (QED) is 0.808. The molecule has 2 amide bonds. The van der Waals surface area contributed by atoms with Crippen LogP contribution in [0.3, 0.4) is 0 Å². The lowest BCUT2D eigenvalue weighted by Crippen LogP contribution is -2.29. The van der Waals surface area contributed by atoms with E-state index < -0.39 is 0 Å². The van der Waals surface area contributed by atoms with Crippen molar-refractivity contribution in [1.29, 1.82) is 0 Å². The van der Waals surface area contributed by atoms with Gasteiger partial charge in [-0.3, -0.25) is 0 Å². The Morgan fingerprint density at radius 1 is 1.35 bits per heavy atom. The van der Waals surface area contributed by atoms with Gasteiger partial charge in [-0.25, -0.2) is 9.48 Å². The highest BCUT2D eigenvalue weighted by molar-refractivity contribution is 5.89. The van der Waals surface area contributed by atoms with E-state index in [0.29, 0.717) is 5.82 Å². The molecule has 17 heavy (non-hydrogen) atoms. The Kier molecular flexibility index (Phi) is 3.29. The number of tetrazole rings is 1. The van der Waals surface area contributed by atoms with Crippen LogP contribution in [0, 0.1) is 0 Å². The van der Waals surface area contributed by atoms with Crippen molar-refractivity contribution in [2.45, 2.75) is 6.54 Å². The highest BCUT2D eigenvalue weighted by Crippen LogP contribution is 2.04. The second-order valence-corrected chi connectivity index (χ2v) is 3.39. The molecular formula is C10H12N6O. The molecule has 1 heterocycles. The molecule has 0 saturated carbocycles. The smallest absolute Gasteiger partial charge is 0.319 e. The van der Waals surface area contributed by atoms with Crippen molar-refractivity contribution in [2.75, 3.05) is 5.32 Å². The van der Waals surface area contributed by atoms with Crippen LogP contribution in [0.5, 0.6) is 0 Å². The molecule has 0 bridgehead atoms. The number of aromatic nitrogens is 4. The lowest BCUT2D eigenvalue weighted by molar-refractivity contribution is 0.251. The minimum Gasteiger partial charge on any atom is -0.331 e. The number of benzene rings is 1. The van der Waals surface area contributed by atoms with E-state index in [2.05, 4.69) is 26.2 Å². The number of nitrogens with zero attached hydrogens (tertiary/aromatic N) is 4. The zero-order chi connectivity index (χ0) is 12.1. The third kappa shape index (κ3) is 3.00. The van der Waals surface area contributed by atoms with Crippen molar-refractivity contribution in [1.82, 2.24) is 25.5 Å². The van der Waals surface area contributed by atoms with Gasteiger partial charge in [0.1, 0.15) is 0 Å². The summed E-state index contributed by atoms with van der Waals surface area (Å²) in [5.74, 6) is 0.591. The van der Waals surface area contributed by atoms with Gasteiger partial charge in [0.05, 0.1) is 6.54 Å². The molecular weight excluding hydrogens is 220 g/mol. The van der Waals surface area contributed by atoms with Gasteiger partial charge in [-0.05, 0) is 22.6 Å². The van der Waals surface area contributed by atoms with Crippen molar-refractivity contribution in [2.24, 2.45) is 7.05 Å². The highest BCUT2D eigenvalue weighted by Gasteiger charge is 2.05. The molecule has 0 saturated heterocycles. The number of nitrogens with one attached hydrogen (secondary N) is 2. The number of aryl methyl sites for hydroxylation is 1. The van der Waals surface area contributed by atoms with Gasteiger partial charge in [0.2, 0.25) is 0 Å². The normalized spacial score (nSPS) is 9.94. The summed E-state index contributed by atoms with van der Waals surface area (Å²) in [7, 11) is 1.71. The summed E-state index contributed by atoms with van der Waals surface area (Å²) in [5, 5.41) is 16.2. The van der Waals surface area contributed by atoms with Crippen LogP contribution in [0.4, 0.5) is 10.5 Å². The van der Waals surface area contributed by atoms with Crippen LogP contribution in [0.15, 0.2) is 30.3 Å². The minimum absolute atomic E-state index is 0.280. The molecule has 1 aromatic carbocycles. The number of carbonyl (C=O) groups excluding carboxylic acids is 1. The molecule has 0 radical (unpaired) electrons. The van der Waals surface area contributed by atoms with Gasteiger partial charge in [-0.15, -0.1) is 5.10 Å². The number of amides is 2. The van der Waals surface area contributed by atoms with Gasteiger partial charge in [-0.2, -0.15) is 0 Å². The van der Waals surface area contributed by atoms with Crippen LogP contribution < -0.4 is 10.6 Å². The summed E-state index contributed by atoms with van der Waals surface area (Å²) in [4.78, 5) is 11.5. The Hall–Kier alpha value is -2.44. The van der Waals surface area contributed by atoms with Gasteiger partial charge in [0.25, 0.3) is 0 Å². The van der Waals surface area contributed by atoms with Gasteiger partial charge >= 0.3 is 6.03 Å². The lowest BCUT2D eigenvalue weighted by atomic mass is 10.3. The van der Waals surface area contributed by atoms with Crippen LogP contribution in [0.1, 0.15) is 5.82 Å². The molecule has 0 atom stereocenters. The lowest BCUT2D eigenvalue weighted by Gasteiger charge is -2.06. The maximum atomic E-state index is 11.5. The first-order chi connectivity index (χ1) is 8.25. The first-order valence-electron chi connectivity index (χ1n) is 5.07. The molecule has 7 heteroatoms. The molecule has 0 spiro atoms. The van der Waals surface area contributed by atoms with E-state index in [1.807, 2.05) is 30.3 Å². The summed E-state index contributed by atoms with van der Waals surface area (Å²) in [5.41, 5.74) is 0.737. The Labute approximate surface area is 97.8 Å². The topological polar surface area (TPSA) is 84.7 Å². The molecule has 1 aromatic heterocycles. The van der Waals surface area contributed by atoms with E-state index in [4.69, 9.17) is 0 Å². The highest BCUT2D eigenvalue weighted by atomic mass is 16.2. The number of carbonyl (C=O) groups is 1. The van der Waals surface area contributed by atoms with Crippen molar-refractivity contribution in [3.8, 4) is 0 Å². The van der Waals surface area contributed by atoms with E-state index in [1.54, 1.807) is 7.05 Å². The standard InChI is InChI=1S/C10H12N6O/c1-16-9(13-14-15-16)7-11-10(17)12-8-5-3-2-4-6-8/h2-6H,7H2,1H3,(H2,11,12,17). The largest absolute Gasteiger partial charge is 0.331 e. The van der Waals surface area contributed by atoms with Crippen molar-refractivity contribution < 1.29 is 4.79 Å². The third-order valence-electron chi connectivity index (χ3n) is 2.15. The maximum absolute atomic E-state index is 11.5. The van der Waals surface area contributed by atoms with Crippen LogP contribution in [-0.2, 0) is 13.6 Å². The average Bonchev–Trinajstić information content (AvgIpc) is 2.74. The molecule has 0 aliphatic carbocycles. The Morgan fingerprint density at radius 2 is 2.12 bits per heavy atom. The fraction of sp³-hybridized carbons (Fsp3) is 0.200. The number of hydrogen-bond donors (Lipinski definition) is 2. The van der Waals surface area contributed by atoms with Gasteiger partial charge in [-0.1, -0.05) is 18.2 Å². The Morgan fingerprint density at radius 3 is 2.76 bits per heavy atom. The number of urea groups is 1. The van der Waals surface area contributed by atoms with Crippen molar-refractivity contribution in [3.63, 3.8) is 0 Å². The van der Waals surface area contributed by atoms with E-state index in [0.717, 1.165) is 5.69 Å². The van der Waals surface area contributed by atoms with E-state index in [9.17, 15) is 4.79 Å². The Bertz CT molecular complexity index is 495. The van der Waals surface area contributed by atoms with E-state index in [-0.39, 0.29) is 12.6 Å². The SMILES string of the molecule is Cn1nnnc1CNC(=O)Nc1ccccc1. The number of para-hydroxylation sites is 1. The molecule has 0 unspecified atom stereocenters. The minimum atomic E-state index is -0.292. The predicted octanol–water partition coefficient (Wildman–Crippen LogP) is 0.532.